The fourth-order valence-electron chi connectivity index (χ4n) is 1.97. The molecule has 0 unspecified atom stereocenters. The molecule has 120 valence electrons. The summed E-state index contributed by atoms with van der Waals surface area (Å²) in [7, 11) is -4.26. The Bertz CT molecular complexity index is 965. The van der Waals surface area contributed by atoms with Crippen molar-refractivity contribution >= 4 is 21.2 Å². The van der Waals surface area contributed by atoms with Crippen molar-refractivity contribution in [3.63, 3.8) is 0 Å². The van der Waals surface area contributed by atoms with E-state index in [1.165, 1.54) is 24.5 Å². The molecule has 3 aromatic rings. The van der Waals surface area contributed by atoms with Crippen LogP contribution in [-0.2, 0) is 16.3 Å². The highest BCUT2D eigenvalue weighted by Gasteiger charge is 2.31. The van der Waals surface area contributed by atoms with Crippen LogP contribution < -0.4 is 4.18 Å². The number of imidazole rings is 1. The molecule has 0 fully saturated rings. The van der Waals surface area contributed by atoms with Crippen LogP contribution in [0.1, 0.15) is 5.56 Å². The number of aromatic nitrogens is 2. The van der Waals surface area contributed by atoms with Crippen molar-refractivity contribution < 1.29 is 25.8 Å². The van der Waals surface area contributed by atoms with Gasteiger partial charge in [-0.2, -0.15) is 21.6 Å². The normalized spacial score (nSPS) is 12.5. The van der Waals surface area contributed by atoms with Crippen LogP contribution in [0.3, 0.4) is 0 Å². The van der Waals surface area contributed by atoms with Gasteiger partial charge in [-0.3, -0.25) is 0 Å². The molecule has 0 aliphatic heterocycles. The molecule has 5 nitrogen and oxygen atoms in total. The summed E-state index contributed by atoms with van der Waals surface area (Å²) < 4.78 is 67.1. The molecular weight excluding hydrogens is 333 g/mol. The second kappa shape index (κ2) is 5.27. The first-order valence-corrected chi connectivity index (χ1v) is 7.71. The lowest BCUT2D eigenvalue weighted by atomic mass is 10.2. The van der Waals surface area contributed by atoms with Crippen molar-refractivity contribution in [3.8, 4) is 5.75 Å². The number of aromatic amines is 1. The van der Waals surface area contributed by atoms with Crippen LogP contribution in [0.5, 0.6) is 5.75 Å². The number of fused-ring (bicyclic) bond motifs is 1. The molecule has 0 amide bonds. The fraction of sp³-hybridized carbons (Fsp3) is 0.0714. The standard InChI is InChI=1S/C14H9F3N2O3S/c15-14(16,17)9-2-1-3-10(6-9)22-23(20,21)11-4-5-12-13(7-11)19-8-18-12/h1-8H,(H,18,19). The average molecular weight is 342 g/mol. The van der Waals surface area contributed by atoms with Gasteiger partial charge in [-0.1, -0.05) is 6.07 Å². The zero-order valence-electron chi connectivity index (χ0n) is 11.3. The zero-order valence-corrected chi connectivity index (χ0v) is 12.1. The highest BCUT2D eigenvalue weighted by atomic mass is 32.2. The molecule has 3 rings (SSSR count). The number of halogens is 3. The lowest BCUT2D eigenvalue weighted by Crippen LogP contribution is -2.11. The summed E-state index contributed by atoms with van der Waals surface area (Å²) in [5.74, 6) is -0.412. The minimum absolute atomic E-state index is 0.188. The Morgan fingerprint density at radius 3 is 2.61 bits per heavy atom. The van der Waals surface area contributed by atoms with Crippen molar-refractivity contribution in [2.24, 2.45) is 0 Å². The first kappa shape index (κ1) is 15.3. The maximum atomic E-state index is 12.6. The van der Waals surface area contributed by atoms with E-state index in [9.17, 15) is 21.6 Å². The van der Waals surface area contributed by atoms with E-state index in [4.69, 9.17) is 4.18 Å². The molecule has 2 aromatic carbocycles. The molecule has 0 spiro atoms. The van der Waals surface area contributed by atoms with E-state index in [1.807, 2.05) is 0 Å². The number of rotatable bonds is 3. The topological polar surface area (TPSA) is 72.1 Å². The van der Waals surface area contributed by atoms with E-state index in [2.05, 4.69) is 9.97 Å². The third kappa shape index (κ3) is 3.14. The highest BCUT2D eigenvalue weighted by Crippen LogP contribution is 2.32. The van der Waals surface area contributed by atoms with Gasteiger partial charge in [0.1, 0.15) is 10.6 Å². The number of hydrogen-bond donors (Lipinski definition) is 1. The first-order chi connectivity index (χ1) is 10.8. The first-order valence-electron chi connectivity index (χ1n) is 6.31. The molecule has 0 atom stereocenters. The summed E-state index contributed by atoms with van der Waals surface area (Å²) in [6.45, 7) is 0. The summed E-state index contributed by atoms with van der Waals surface area (Å²) >= 11 is 0. The Labute approximate surface area is 128 Å². The number of nitrogens with zero attached hydrogens (tertiary/aromatic N) is 1. The second-order valence-electron chi connectivity index (χ2n) is 4.64. The van der Waals surface area contributed by atoms with Gasteiger partial charge >= 0.3 is 16.3 Å². The Morgan fingerprint density at radius 1 is 1.09 bits per heavy atom. The van der Waals surface area contributed by atoms with E-state index in [0.717, 1.165) is 18.2 Å². The Kier molecular flexibility index (Phi) is 3.52. The molecule has 1 N–H and O–H groups in total. The van der Waals surface area contributed by atoms with Crippen molar-refractivity contribution in [3.05, 3.63) is 54.4 Å². The summed E-state index contributed by atoms with van der Waals surface area (Å²) in [5, 5.41) is 0. The summed E-state index contributed by atoms with van der Waals surface area (Å²) in [6.07, 6.45) is -3.19. The van der Waals surface area contributed by atoms with Gasteiger partial charge in [0.15, 0.2) is 0 Å². The molecule has 0 aliphatic rings. The number of benzene rings is 2. The molecule has 1 aromatic heterocycles. The molecule has 0 aliphatic carbocycles. The predicted molar refractivity (Wildman–Crippen MR) is 75.4 cm³/mol. The van der Waals surface area contributed by atoms with Gasteiger partial charge in [0, 0.05) is 0 Å². The van der Waals surface area contributed by atoms with Gasteiger partial charge in [-0.15, -0.1) is 0 Å². The van der Waals surface area contributed by atoms with E-state index >= 15 is 0 Å². The molecule has 0 saturated heterocycles. The van der Waals surface area contributed by atoms with Crippen molar-refractivity contribution in [2.45, 2.75) is 11.1 Å². The Balaban J connectivity index is 1.94. The molecule has 23 heavy (non-hydrogen) atoms. The maximum absolute atomic E-state index is 12.6. The van der Waals surface area contributed by atoms with Crippen LogP contribution in [0.25, 0.3) is 11.0 Å². The third-order valence-corrected chi connectivity index (χ3v) is 4.29. The van der Waals surface area contributed by atoms with Crippen molar-refractivity contribution in [1.29, 1.82) is 0 Å². The SMILES string of the molecule is O=S(=O)(Oc1cccc(C(F)(F)F)c1)c1ccc2nc[nH]c2c1. The molecule has 9 heteroatoms. The van der Waals surface area contributed by atoms with E-state index in [-0.39, 0.29) is 4.90 Å². The third-order valence-electron chi connectivity index (χ3n) is 3.05. The smallest absolute Gasteiger partial charge is 0.379 e. The van der Waals surface area contributed by atoms with Gasteiger partial charge in [0.05, 0.1) is 22.9 Å². The maximum Gasteiger partial charge on any atom is 0.416 e. The summed E-state index contributed by atoms with van der Waals surface area (Å²) in [4.78, 5) is 6.51. The summed E-state index contributed by atoms with van der Waals surface area (Å²) in [6, 6.07) is 7.71. The van der Waals surface area contributed by atoms with E-state index in [0.29, 0.717) is 17.1 Å². The molecule has 0 bridgehead atoms. The van der Waals surface area contributed by atoms with Gasteiger partial charge in [0.2, 0.25) is 0 Å². The summed E-state index contributed by atoms with van der Waals surface area (Å²) in [5.41, 5.74) is 0.0379. The monoisotopic (exact) mass is 342 g/mol. The van der Waals surface area contributed by atoms with Crippen LogP contribution in [0.15, 0.2) is 53.7 Å². The van der Waals surface area contributed by atoms with E-state index < -0.39 is 27.6 Å². The zero-order chi connectivity index (χ0) is 16.7. The van der Waals surface area contributed by atoms with Crippen LogP contribution >= 0.6 is 0 Å². The van der Waals surface area contributed by atoms with Crippen molar-refractivity contribution in [1.82, 2.24) is 9.97 Å². The minimum Gasteiger partial charge on any atom is -0.379 e. The lowest BCUT2D eigenvalue weighted by Gasteiger charge is -2.10. The average Bonchev–Trinajstić information content (AvgIpc) is 2.93. The Hall–Kier alpha value is -2.55. The Morgan fingerprint density at radius 2 is 1.87 bits per heavy atom. The van der Waals surface area contributed by atoms with Gasteiger partial charge < -0.3 is 9.17 Å². The molecule has 1 heterocycles. The molecule has 0 saturated carbocycles. The number of H-pyrrole nitrogens is 1. The number of nitrogens with one attached hydrogen (secondary N) is 1. The number of alkyl halides is 3. The van der Waals surface area contributed by atoms with Gasteiger partial charge in [-0.25, -0.2) is 4.98 Å². The van der Waals surface area contributed by atoms with Crippen LogP contribution in [-0.4, -0.2) is 18.4 Å². The van der Waals surface area contributed by atoms with Crippen molar-refractivity contribution in [2.75, 3.05) is 0 Å². The fourth-order valence-corrected chi connectivity index (χ4v) is 2.92. The molecular formula is C14H9F3N2O3S. The van der Waals surface area contributed by atoms with Crippen LogP contribution in [0, 0.1) is 0 Å². The predicted octanol–water partition coefficient (Wildman–Crippen LogP) is 3.35. The van der Waals surface area contributed by atoms with Crippen LogP contribution in [0.4, 0.5) is 13.2 Å². The minimum atomic E-state index is -4.59. The highest BCUT2D eigenvalue weighted by molar-refractivity contribution is 7.87. The largest absolute Gasteiger partial charge is 0.416 e. The van der Waals surface area contributed by atoms with E-state index in [1.54, 1.807) is 0 Å². The number of hydrogen-bond acceptors (Lipinski definition) is 4. The lowest BCUT2D eigenvalue weighted by molar-refractivity contribution is -0.137. The quantitative estimate of drug-likeness (QED) is 0.741. The molecule has 0 radical (unpaired) electrons. The van der Waals surface area contributed by atoms with Gasteiger partial charge in [-0.05, 0) is 36.4 Å². The van der Waals surface area contributed by atoms with Crippen LogP contribution in [0.2, 0.25) is 0 Å². The second-order valence-corrected chi connectivity index (χ2v) is 6.19. The van der Waals surface area contributed by atoms with Gasteiger partial charge in [0.25, 0.3) is 0 Å².